The van der Waals surface area contributed by atoms with Crippen LogP contribution in [0.1, 0.15) is 0 Å². The van der Waals surface area contributed by atoms with Crippen molar-refractivity contribution in [2.75, 3.05) is 4.90 Å². The second-order valence-electron chi connectivity index (χ2n) is 12.4. The second kappa shape index (κ2) is 9.86. The number of aromatic nitrogens is 1. The van der Waals surface area contributed by atoms with Crippen molar-refractivity contribution < 1.29 is 17.7 Å². The van der Waals surface area contributed by atoms with Crippen LogP contribution in [0.2, 0.25) is 0 Å². The minimum absolute atomic E-state index is 0.586. The fourth-order valence-corrected chi connectivity index (χ4v) is 7.18. The highest BCUT2D eigenvalue weighted by Crippen LogP contribution is 2.43. The molecule has 0 bridgehead atoms. The Morgan fingerprint density at radius 2 is 0.857 bits per heavy atom. The molecule has 0 amide bonds. The lowest BCUT2D eigenvalue weighted by Gasteiger charge is -2.25. The molecule has 0 radical (unpaired) electrons. The third kappa shape index (κ3) is 3.98. The average Bonchev–Trinajstić information content (AvgIpc) is 3.92. The predicted molar refractivity (Wildman–Crippen MR) is 196 cm³/mol. The lowest BCUT2D eigenvalue weighted by molar-refractivity contribution is 0.617. The van der Waals surface area contributed by atoms with Gasteiger partial charge in [-0.2, -0.15) is 0 Å². The van der Waals surface area contributed by atoms with Gasteiger partial charge in [-0.25, -0.2) is 4.98 Å². The minimum Gasteiger partial charge on any atom is -0.456 e. The number of anilines is 3. The molecule has 0 fully saturated rings. The van der Waals surface area contributed by atoms with Crippen molar-refractivity contribution in [3.05, 3.63) is 146 Å². The molecule has 0 unspecified atom stereocenters. The maximum atomic E-state index is 6.37. The minimum atomic E-state index is 0.586. The Morgan fingerprint density at radius 1 is 0.347 bits per heavy atom. The van der Waals surface area contributed by atoms with Crippen LogP contribution in [-0.4, -0.2) is 4.98 Å². The fourth-order valence-electron chi connectivity index (χ4n) is 7.18. The molecule has 0 saturated carbocycles. The molecule has 0 atom stereocenters. The second-order valence-corrected chi connectivity index (χ2v) is 12.4. The van der Waals surface area contributed by atoms with Gasteiger partial charge in [-0.3, -0.25) is 0 Å². The van der Waals surface area contributed by atoms with E-state index in [2.05, 4.69) is 71.6 Å². The van der Waals surface area contributed by atoms with Crippen LogP contribution < -0.4 is 4.90 Å². The highest BCUT2D eigenvalue weighted by Gasteiger charge is 2.20. The van der Waals surface area contributed by atoms with E-state index < -0.39 is 0 Å². The molecule has 0 spiro atoms. The van der Waals surface area contributed by atoms with Crippen molar-refractivity contribution in [2.45, 2.75) is 0 Å². The highest BCUT2D eigenvalue weighted by atomic mass is 16.4. The van der Waals surface area contributed by atoms with Crippen LogP contribution in [0.25, 0.3) is 88.4 Å². The van der Waals surface area contributed by atoms with E-state index in [0.717, 1.165) is 94.0 Å². The normalized spacial score (nSPS) is 12.1. The lowest BCUT2D eigenvalue weighted by atomic mass is 10.1. The van der Waals surface area contributed by atoms with Crippen LogP contribution in [0.4, 0.5) is 17.1 Å². The summed E-state index contributed by atoms with van der Waals surface area (Å²) in [7, 11) is 0. The molecule has 7 aromatic carbocycles. The summed E-state index contributed by atoms with van der Waals surface area (Å²) in [6.07, 6.45) is 0. The summed E-state index contributed by atoms with van der Waals surface area (Å²) >= 11 is 0. The summed E-state index contributed by atoms with van der Waals surface area (Å²) < 4.78 is 25.1. The number of hydrogen-bond acceptors (Lipinski definition) is 6. The number of oxazole rings is 1. The summed E-state index contributed by atoms with van der Waals surface area (Å²) in [6.45, 7) is 0. The summed E-state index contributed by atoms with van der Waals surface area (Å²) in [5.41, 5.74) is 10.3. The molecule has 0 N–H and O–H groups in total. The van der Waals surface area contributed by atoms with Crippen LogP contribution in [0.5, 0.6) is 0 Å². The van der Waals surface area contributed by atoms with E-state index in [1.165, 1.54) is 0 Å². The van der Waals surface area contributed by atoms with Gasteiger partial charge in [0.15, 0.2) is 5.58 Å². The van der Waals surface area contributed by atoms with E-state index in [1.807, 2.05) is 78.9 Å². The Kier molecular flexibility index (Phi) is 5.29. The van der Waals surface area contributed by atoms with Crippen molar-refractivity contribution in [1.29, 1.82) is 0 Å². The zero-order valence-electron chi connectivity index (χ0n) is 25.9. The van der Waals surface area contributed by atoms with Gasteiger partial charge in [0, 0.05) is 67.1 Å². The third-order valence-corrected chi connectivity index (χ3v) is 9.48. The fraction of sp³-hybridized carbons (Fsp3) is 0. The summed E-state index contributed by atoms with van der Waals surface area (Å²) in [5, 5.41) is 6.28. The predicted octanol–water partition coefficient (Wildman–Crippen LogP) is 12.7. The maximum Gasteiger partial charge on any atom is 0.227 e. The van der Waals surface area contributed by atoms with Gasteiger partial charge < -0.3 is 22.6 Å². The highest BCUT2D eigenvalue weighted by molar-refractivity contribution is 6.11. The first-order valence-electron chi connectivity index (χ1n) is 16.2. The number of hydrogen-bond donors (Lipinski definition) is 0. The largest absolute Gasteiger partial charge is 0.456 e. The molecule has 230 valence electrons. The molecule has 4 heterocycles. The topological polar surface area (TPSA) is 68.7 Å². The van der Waals surface area contributed by atoms with Crippen LogP contribution in [0.3, 0.4) is 0 Å². The summed E-state index contributed by atoms with van der Waals surface area (Å²) in [6, 6.07) is 49.4. The van der Waals surface area contributed by atoms with Gasteiger partial charge >= 0.3 is 0 Å². The van der Waals surface area contributed by atoms with Crippen molar-refractivity contribution in [3.8, 4) is 11.5 Å². The summed E-state index contributed by atoms with van der Waals surface area (Å²) in [4.78, 5) is 7.09. The number of rotatable bonds is 4. The van der Waals surface area contributed by atoms with Crippen LogP contribution in [0.15, 0.2) is 163 Å². The van der Waals surface area contributed by atoms with E-state index >= 15 is 0 Å². The third-order valence-electron chi connectivity index (χ3n) is 9.48. The molecule has 0 aliphatic carbocycles. The molecule has 0 saturated heterocycles. The van der Waals surface area contributed by atoms with Gasteiger partial charge in [0.1, 0.15) is 39.0 Å². The monoisotopic (exact) mass is 632 g/mol. The van der Waals surface area contributed by atoms with Gasteiger partial charge in [0.05, 0.1) is 0 Å². The Balaban J connectivity index is 1.12. The Hall–Kier alpha value is -6.79. The van der Waals surface area contributed by atoms with Gasteiger partial charge in [0.2, 0.25) is 5.89 Å². The molecule has 11 aromatic rings. The van der Waals surface area contributed by atoms with Crippen molar-refractivity contribution >= 4 is 94.0 Å². The molecule has 6 nitrogen and oxygen atoms in total. The van der Waals surface area contributed by atoms with Gasteiger partial charge in [-0.05, 0) is 78.9 Å². The lowest BCUT2D eigenvalue weighted by Crippen LogP contribution is -2.09. The standard InChI is InChI=1S/C43H24N2O4/c1-2-8-25(9-3-1)43-44-35-23-34-33-21-27(16-19-39(33)48-41(34)24-42(35)49-43)45(26-15-18-38-32(20-26)30-11-5-7-13-37(30)46-38)28-14-17-31-29-10-4-6-12-36(29)47-40(31)22-28/h1-24H. The molecular weight excluding hydrogens is 608 g/mol. The first-order valence-corrected chi connectivity index (χ1v) is 16.2. The van der Waals surface area contributed by atoms with Gasteiger partial charge in [-0.15, -0.1) is 0 Å². The number of benzene rings is 7. The number of para-hydroxylation sites is 2. The number of nitrogens with zero attached hydrogens (tertiary/aromatic N) is 2. The van der Waals surface area contributed by atoms with E-state index in [9.17, 15) is 0 Å². The van der Waals surface area contributed by atoms with Crippen molar-refractivity contribution in [1.82, 2.24) is 4.98 Å². The Bertz CT molecular complexity index is 3070. The van der Waals surface area contributed by atoms with Gasteiger partial charge in [0.25, 0.3) is 0 Å². The molecule has 49 heavy (non-hydrogen) atoms. The van der Waals surface area contributed by atoms with Crippen LogP contribution in [0, 0.1) is 0 Å². The molecular formula is C43H24N2O4. The smallest absolute Gasteiger partial charge is 0.227 e. The molecule has 0 aliphatic heterocycles. The quantitative estimate of drug-likeness (QED) is 0.192. The van der Waals surface area contributed by atoms with Crippen molar-refractivity contribution in [3.63, 3.8) is 0 Å². The van der Waals surface area contributed by atoms with E-state index in [4.69, 9.17) is 22.7 Å². The van der Waals surface area contributed by atoms with E-state index in [0.29, 0.717) is 11.5 Å². The van der Waals surface area contributed by atoms with E-state index in [1.54, 1.807) is 0 Å². The number of furan rings is 3. The van der Waals surface area contributed by atoms with Crippen molar-refractivity contribution in [2.24, 2.45) is 0 Å². The SMILES string of the molecule is c1ccc(-c2nc3cc4c(cc3o2)oc2ccc(N(c3ccc5c(c3)oc3ccccc35)c3ccc5oc6ccccc6c5c3)cc24)cc1. The Labute approximate surface area is 278 Å². The molecule has 4 aromatic heterocycles. The molecule has 11 rings (SSSR count). The molecule has 6 heteroatoms. The van der Waals surface area contributed by atoms with Crippen LogP contribution in [-0.2, 0) is 0 Å². The Morgan fingerprint density at radius 3 is 1.59 bits per heavy atom. The number of fused-ring (bicyclic) bond motifs is 10. The van der Waals surface area contributed by atoms with E-state index in [-0.39, 0.29) is 0 Å². The maximum absolute atomic E-state index is 6.37. The average molecular weight is 633 g/mol. The summed E-state index contributed by atoms with van der Waals surface area (Å²) in [5.74, 6) is 0.586. The molecule has 0 aliphatic rings. The zero-order chi connectivity index (χ0) is 32.1. The van der Waals surface area contributed by atoms with Gasteiger partial charge in [-0.1, -0.05) is 54.6 Å². The van der Waals surface area contributed by atoms with Crippen LogP contribution >= 0.6 is 0 Å². The first-order chi connectivity index (χ1) is 24.2. The first kappa shape index (κ1) is 26.3. The zero-order valence-corrected chi connectivity index (χ0v) is 25.9.